The molecule has 0 spiro atoms. The first kappa shape index (κ1) is 15.0. The molecule has 1 saturated heterocycles. The van der Waals surface area contributed by atoms with E-state index in [0.717, 1.165) is 37.3 Å². The summed E-state index contributed by atoms with van der Waals surface area (Å²) >= 11 is 0. The van der Waals surface area contributed by atoms with Gasteiger partial charge in [-0.1, -0.05) is 0 Å². The molecule has 1 aliphatic rings. The lowest BCUT2D eigenvalue weighted by molar-refractivity contribution is 0.216. The molecule has 1 aliphatic heterocycles. The lowest BCUT2D eigenvalue weighted by Gasteiger charge is -2.23. The Morgan fingerprint density at radius 1 is 1.25 bits per heavy atom. The number of aromatic nitrogens is 4. The molecular weight excluding hydrogens is 309 g/mol. The van der Waals surface area contributed by atoms with Crippen LogP contribution in [0.5, 0.6) is 0 Å². The van der Waals surface area contributed by atoms with E-state index in [1.165, 1.54) is 18.6 Å². The molecule has 1 atom stereocenters. The molecule has 0 amide bonds. The van der Waals surface area contributed by atoms with Gasteiger partial charge in [0.2, 0.25) is 5.89 Å². The van der Waals surface area contributed by atoms with Crippen LogP contribution >= 0.6 is 0 Å². The highest BCUT2D eigenvalue weighted by Gasteiger charge is 2.26. The highest BCUT2D eigenvalue weighted by molar-refractivity contribution is 5.52. The van der Waals surface area contributed by atoms with E-state index in [1.807, 2.05) is 4.68 Å². The molecule has 0 radical (unpaired) electrons. The van der Waals surface area contributed by atoms with Gasteiger partial charge in [0.05, 0.1) is 12.2 Å². The number of rotatable bonds is 5. The van der Waals surface area contributed by atoms with Crippen LogP contribution in [0.2, 0.25) is 0 Å². The summed E-state index contributed by atoms with van der Waals surface area (Å²) < 4.78 is 20.4. The zero-order chi connectivity index (χ0) is 16.4. The van der Waals surface area contributed by atoms with E-state index in [-0.39, 0.29) is 5.82 Å². The van der Waals surface area contributed by atoms with E-state index in [9.17, 15) is 4.39 Å². The maximum absolute atomic E-state index is 13.0. The van der Waals surface area contributed by atoms with Crippen LogP contribution in [0, 0.1) is 5.82 Å². The molecule has 1 aromatic carbocycles. The van der Waals surface area contributed by atoms with Crippen LogP contribution in [0.1, 0.15) is 18.5 Å². The maximum Gasteiger partial charge on any atom is 0.226 e. The van der Waals surface area contributed by atoms with Gasteiger partial charge in [-0.15, -0.1) is 0 Å². The maximum atomic E-state index is 13.0. The van der Waals surface area contributed by atoms with E-state index in [0.29, 0.717) is 11.9 Å². The molecule has 24 heavy (non-hydrogen) atoms. The van der Waals surface area contributed by atoms with Crippen molar-refractivity contribution >= 4 is 0 Å². The van der Waals surface area contributed by atoms with E-state index in [2.05, 4.69) is 20.0 Å². The molecule has 0 aliphatic carbocycles. The number of hydrogen-bond acceptors (Lipinski definition) is 5. The van der Waals surface area contributed by atoms with Crippen molar-refractivity contribution in [1.29, 1.82) is 0 Å². The summed E-state index contributed by atoms with van der Waals surface area (Å²) in [6.45, 7) is 2.62. The van der Waals surface area contributed by atoms with Gasteiger partial charge in [0.25, 0.3) is 0 Å². The summed E-state index contributed by atoms with van der Waals surface area (Å²) in [6, 6.07) is 6.60. The van der Waals surface area contributed by atoms with Crippen molar-refractivity contribution < 1.29 is 8.81 Å². The number of oxazole rings is 1. The van der Waals surface area contributed by atoms with Crippen LogP contribution in [0.3, 0.4) is 0 Å². The van der Waals surface area contributed by atoms with Gasteiger partial charge in [0.1, 0.15) is 24.7 Å². The van der Waals surface area contributed by atoms with Crippen molar-refractivity contribution in [3.05, 3.63) is 54.7 Å². The van der Waals surface area contributed by atoms with Gasteiger partial charge in [-0.3, -0.25) is 9.58 Å². The van der Waals surface area contributed by atoms with Gasteiger partial charge in [-0.2, -0.15) is 5.10 Å². The van der Waals surface area contributed by atoms with Crippen LogP contribution in [0.4, 0.5) is 4.39 Å². The molecular formula is C17H18FN5O. The second-order valence-electron chi connectivity index (χ2n) is 6.03. The third kappa shape index (κ3) is 3.21. The number of likely N-dealkylation sites (tertiary alicyclic amines) is 1. The predicted octanol–water partition coefficient (Wildman–Crippen LogP) is 2.74. The first-order valence-electron chi connectivity index (χ1n) is 8.05. The zero-order valence-electron chi connectivity index (χ0n) is 13.2. The number of benzene rings is 1. The van der Waals surface area contributed by atoms with Gasteiger partial charge in [0.15, 0.2) is 0 Å². The number of hydrogen-bond donors (Lipinski definition) is 0. The van der Waals surface area contributed by atoms with Crippen molar-refractivity contribution in [3.8, 4) is 11.5 Å². The first-order valence-corrected chi connectivity index (χ1v) is 8.05. The first-order chi connectivity index (χ1) is 11.8. The Morgan fingerprint density at radius 3 is 2.92 bits per heavy atom. The predicted molar refractivity (Wildman–Crippen MR) is 85.4 cm³/mol. The second-order valence-corrected chi connectivity index (χ2v) is 6.03. The smallest absolute Gasteiger partial charge is 0.226 e. The quantitative estimate of drug-likeness (QED) is 0.721. The number of halogens is 1. The third-order valence-electron chi connectivity index (χ3n) is 4.37. The fourth-order valence-electron chi connectivity index (χ4n) is 3.17. The molecule has 124 valence electrons. The fourth-order valence-corrected chi connectivity index (χ4v) is 3.17. The van der Waals surface area contributed by atoms with E-state index >= 15 is 0 Å². The van der Waals surface area contributed by atoms with Crippen molar-refractivity contribution in [2.75, 3.05) is 6.54 Å². The molecule has 1 fully saturated rings. The van der Waals surface area contributed by atoms with Crippen molar-refractivity contribution in [1.82, 2.24) is 24.6 Å². The van der Waals surface area contributed by atoms with Gasteiger partial charge >= 0.3 is 0 Å². The Kier molecular flexibility index (Phi) is 4.08. The van der Waals surface area contributed by atoms with E-state index in [1.54, 1.807) is 31.1 Å². The minimum atomic E-state index is -0.265. The topological polar surface area (TPSA) is 60.0 Å². The Morgan fingerprint density at radius 2 is 2.12 bits per heavy atom. The molecule has 4 rings (SSSR count). The lowest BCUT2D eigenvalue weighted by atomic mass is 10.2. The standard InChI is InChI=1S/C17H18FN5O/c18-14-5-3-13(4-6-14)17-21-15(10-24-17)8-22-7-1-2-16(22)9-23-12-19-11-20-23/h3-6,10-12,16H,1-2,7-9H2/t16-/m0/s1. The molecule has 2 aromatic heterocycles. The second kappa shape index (κ2) is 6.52. The largest absolute Gasteiger partial charge is 0.444 e. The molecule has 3 aromatic rings. The van der Waals surface area contributed by atoms with E-state index in [4.69, 9.17) is 4.42 Å². The monoisotopic (exact) mass is 327 g/mol. The fraction of sp³-hybridized carbons (Fsp3) is 0.353. The van der Waals surface area contributed by atoms with Crippen LogP contribution in [0.15, 0.2) is 47.6 Å². The molecule has 0 N–H and O–H groups in total. The summed E-state index contributed by atoms with van der Waals surface area (Å²) in [7, 11) is 0. The van der Waals surface area contributed by atoms with Crippen LogP contribution in [-0.2, 0) is 13.1 Å². The van der Waals surface area contributed by atoms with Gasteiger partial charge in [0, 0.05) is 18.2 Å². The Hall–Kier alpha value is -2.54. The van der Waals surface area contributed by atoms with Crippen LogP contribution in [-0.4, -0.2) is 37.2 Å². The molecule has 0 saturated carbocycles. The van der Waals surface area contributed by atoms with Gasteiger partial charge < -0.3 is 4.42 Å². The highest BCUT2D eigenvalue weighted by Crippen LogP contribution is 2.23. The van der Waals surface area contributed by atoms with E-state index < -0.39 is 0 Å². The molecule has 0 unspecified atom stereocenters. The summed E-state index contributed by atoms with van der Waals surface area (Å²) in [5.41, 5.74) is 1.67. The van der Waals surface area contributed by atoms with Crippen LogP contribution < -0.4 is 0 Å². The third-order valence-corrected chi connectivity index (χ3v) is 4.37. The molecule has 3 heterocycles. The normalized spacial score (nSPS) is 18.3. The minimum Gasteiger partial charge on any atom is -0.444 e. The van der Waals surface area contributed by atoms with Gasteiger partial charge in [-0.05, 0) is 43.7 Å². The summed E-state index contributed by atoms with van der Waals surface area (Å²) in [6.07, 6.45) is 7.30. The Balaban J connectivity index is 1.44. The minimum absolute atomic E-state index is 0.265. The number of nitrogens with zero attached hydrogens (tertiary/aromatic N) is 5. The lowest BCUT2D eigenvalue weighted by Crippen LogP contribution is -2.32. The zero-order valence-corrected chi connectivity index (χ0v) is 13.2. The summed E-state index contributed by atoms with van der Waals surface area (Å²) in [5.74, 6) is 0.260. The molecule has 0 bridgehead atoms. The Bertz CT molecular complexity index is 784. The van der Waals surface area contributed by atoms with Crippen molar-refractivity contribution in [2.24, 2.45) is 0 Å². The average molecular weight is 327 g/mol. The van der Waals surface area contributed by atoms with Crippen LogP contribution in [0.25, 0.3) is 11.5 Å². The summed E-state index contributed by atoms with van der Waals surface area (Å²) in [4.78, 5) is 10.9. The molecule has 7 heteroatoms. The summed E-state index contributed by atoms with van der Waals surface area (Å²) in [5, 5.41) is 4.19. The SMILES string of the molecule is Fc1ccc(-c2nc(CN3CCC[C@H]3Cn3cncn3)co2)cc1. The van der Waals surface area contributed by atoms with Gasteiger partial charge in [-0.25, -0.2) is 14.4 Å². The Labute approximate surface area is 138 Å². The average Bonchev–Trinajstić information content (AvgIpc) is 3.32. The molecule has 6 nitrogen and oxygen atoms in total. The van der Waals surface area contributed by atoms with Crippen molar-refractivity contribution in [3.63, 3.8) is 0 Å². The van der Waals surface area contributed by atoms with Crippen molar-refractivity contribution in [2.45, 2.75) is 32.0 Å². The highest BCUT2D eigenvalue weighted by atomic mass is 19.1.